The maximum Gasteiger partial charge on any atom is 0.241 e. The minimum atomic E-state index is -1.09. The molecule has 0 aliphatic carbocycles. The Bertz CT molecular complexity index is 753. The van der Waals surface area contributed by atoms with Gasteiger partial charge in [0.25, 0.3) is 0 Å². The van der Waals surface area contributed by atoms with Gasteiger partial charge in [-0.05, 0) is 31.2 Å². The number of fused-ring (bicyclic) bond motifs is 5. The molecule has 0 saturated carbocycles. The molecule has 0 spiro atoms. The van der Waals surface area contributed by atoms with Crippen molar-refractivity contribution in [1.29, 1.82) is 0 Å². The molecular formula is C17H15NO5. The molecule has 2 bridgehead atoms. The van der Waals surface area contributed by atoms with Crippen molar-refractivity contribution in [3.8, 4) is 0 Å². The summed E-state index contributed by atoms with van der Waals surface area (Å²) in [7, 11) is 0. The van der Waals surface area contributed by atoms with Gasteiger partial charge in [0.2, 0.25) is 11.8 Å². The molecule has 4 rings (SSSR count). The van der Waals surface area contributed by atoms with Crippen molar-refractivity contribution in [1.82, 2.24) is 0 Å². The van der Waals surface area contributed by atoms with Gasteiger partial charge in [-0.25, -0.2) is 4.90 Å². The maximum atomic E-state index is 12.8. The molecule has 1 aromatic carbocycles. The highest BCUT2D eigenvalue weighted by Gasteiger charge is 2.67. The second-order valence-electron chi connectivity index (χ2n) is 6.17. The monoisotopic (exact) mass is 313 g/mol. The average Bonchev–Trinajstić information content (AvgIpc) is 3.19. The van der Waals surface area contributed by atoms with E-state index in [1.54, 1.807) is 36.4 Å². The molecular weight excluding hydrogens is 298 g/mol. The summed E-state index contributed by atoms with van der Waals surface area (Å²) in [6.45, 7) is 1.12. The normalized spacial score (nSPS) is 34.3. The molecule has 2 fully saturated rings. The average molecular weight is 313 g/mol. The van der Waals surface area contributed by atoms with Gasteiger partial charge < -0.3 is 9.84 Å². The first kappa shape index (κ1) is 14.3. The van der Waals surface area contributed by atoms with E-state index in [2.05, 4.69) is 0 Å². The number of Topliss-reactive ketones (excluding diaryl/α,β-unsaturated/α-hetero) is 1. The Balaban J connectivity index is 1.72. The van der Waals surface area contributed by atoms with E-state index in [-0.39, 0.29) is 24.2 Å². The number of carbonyl (C=O) groups excluding carboxylic acids is 3. The highest BCUT2D eigenvalue weighted by atomic mass is 16.5. The first-order valence-corrected chi connectivity index (χ1v) is 7.45. The van der Waals surface area contributed by atoms with Crippen LogP contribution in [-0.2, 0) is 14.3 Å². The number of aliphatic hydroxyl groups is 1. The van der Waals surface area contributed by atoms with E-state index in [4.69, 9.17) is 4.74 Å². The predicted molar refractivity (Wildman–Crippen MR) is 79.7 cm³/mol. The fourth-order valence-electron chi connectivity index (χ4n) is 3.78. The third-order valence-electron chi connectivity index (χ3n) is 4.93. The van der Waals surface area contributed by atoms with Gasteiger partial charge in [-0.15, -0.1) is 0 Å². The lowest BCUT2D eigenvalue weighted by Gasteiger charge is -2.26. The molecule has 0 aromatic heterocycles. The van der Waals surface area contributed by atoms with Gasteiger partial charge in [-0.2, -0.15) is 0 Å². The molecule has 23 heavy (non-hydrogen) atoms. The smallest absolute Gasteiger partial charge is 0.241 e. The van der Waals surface area contributed by atoms with Crippen molar-refractivity contribution in [2.75, 3.05) is 11.5 Å². The molecule has 6 nitrogen and oxygen atoms in total. The lowest BCUT2D eigenvalue weighted by atomic mass is 9.77. The highest BCUT2D eigenvalue weighted by Crippen LogP contribution is 2.52. The number of benzene rings is 1. The van der Waals surface area contributed by atoms with Crippen LogP contribution in [0.15, 0.2) is 36.4 Å². The molecule has 4 atom stereocenters. The van der Waals surface area contributed by atoms with E-state index in [1.165, 1.54) is 6.92 Å². The zero-order valence-electron chi connectivity index (χ0n) is 12.4. The van der Waals surface area contributed by atoms with Gasteiger partial charge in [-0.1, -0.05) is 12.2 Å². The Labute approximate surface area is 132 Å². The van der Waals surface area contributed by atoms with E-state index in [1.807, 2.05) is 0 Å². The van der Waals surface area contributed by atoms with E-state index in [0.29, 0.717) is 11.3 Å². The Morgan fingerprint density at radius 2 is 1.96 bits per heavy atom. The minimum absolute atomic E-state index is 0.0811. The summed E-state index contributed by atoms with van der Waals surface area (Å²) in [5, 5.41) is 9.65. The summed E-state index contributed by atoms with van der Waals surface area (Å²) in [5.74, 6) is -2.05. The van der Waals surface area contributed by atoms with Gasteiger partial charge in [-0.3, -0.25) is 14.4 Å². The Morgan fingerprint density at radius 3 is 2.57 bits per heavy atom. The first-order chi connectivity index (χ1) is 11.0. The number of rotatable bonds is 3. The quantitative estimate of drug-likeness (QED) is 0.504. The topological polar surface area (TPSA) is 83.9 Å². The van der Waals surface area contributed by atoms with Crippen LogP contribution in [0.3, 0.4) is 0 Å². The van der Waals surface area contributed by atoms with Crippen LogP contribution in [0, 0.1) is 11.8 Å². The SMILES string of the molecule is CC(=O)c1ccc(N2C(=O)[C@H]3[C@@H](C2=O)[C@@]2(CO)C=C[C@H]3O2)cc1. The van der Waals surface area contributed by atoms with Crippen molar-refractivity contribution in [2.24, 2.45) is 11.8 Å². The summed E-state index contributed by atoms with van der Waals surface area (Å²) in [6, 6.07) is 6.37. The first-order valence-electron chi connectivity index (χ1n) is 7.45. The molecule has 0 unspecified atom stereocenters. The maximum absolute atomic E-state index is 12.8. The number of aliphatic hydroxyl groups excluding tert-OH is 1. The summed E-state index contributed by atoms with van der Waals surface area (Å²) in [6.07, 6.45) is 2.96. The van der Waals surface area contributed by atoms with Crippen LogP contribution in [-0.4, -0.2) is 41.0 Å². The standard InChI is InChI=1S/C17H15NO5/c1-9(20)10-2-4-11(5-3-10)18-15(21)13-12-6-7-17(8-19,23-12)14(13)16(18)22/h2-7,12-14,19H,8H2,1H3/t12-,13-,14+,17+/m1/s1. The van der Waals surface area contributed by atoms with Crippen molar-refractivity contribution in [3.63, 3.8) is 0 Å². The van der Waals surface area contributed by atoms with E-state index in [9.17, 15) is 19.5 Å². The third-order valence-corrected chi connectivity index (χ3v) is 4.93. The zero-order valence-corrected chi connectivity index (χ0v) is 12.4. The third kappa shape index (κ3) is 1.73. The number of ketones is 1. The van der Waals surface area contributed by atoms with Crippen molar-refractivity contribution in [3.05, 3.63) is 42.0 Å². The number of ether oxygens (including phenoxy) is 1. The fraction of sp³-hybridized carbons (Fsp3) is 0.353. The number of hydrogen-bond donors (Lipinski definition) is 1. The van der Waals surface area contributed by atoms with Crippen LogP contribution in [0.1, 0.15) is 17.3 Å². The molecule has 6 heteroatoms. The molecule has 3 aliphatic heterocycles. The molecule has 0 radical (unpaired) electrons. The lowest BCUT2D eigenvalue weighted by Crippen LogP contribution is -2.43. The number of imide groups is 1. The summed E-state index contributed by atoms with van der Waals surface area (Å²) in [5.41, 5.74) is -0.132. The van der Waals surface area contributed by atoms with Gasteiger partial charge in [0.1, 0.15) is 5.60 Å². The molecule has 3 aliphatic rings. The largest absolute Gasteiger partial charge is 0.393 e. The molecule has 2 saturated heterocycles. The molecule has 1 N–H and O–H groups in total. The van der Waals surface area contributed by atoms with Gasteiger partial charge in [0.15, 0.2) is 5.78 Å². The molecule has 2 amide bonds. The Morgan fingerprint density at radius 1 is 1.26 bits per heavy atom. The number of carbonyl (C=O) groups is 3. The van der Waals surface area contributed by atoms with Crippen LogP contribution < -0.4 is 4.90 Å². The van der Waals surface area contributed by atoms with E-state index >= 15 is 0 Å². The fourth-order valence-corrected chi connectivity index (χ4v) is 3.78. The van der Waals surface area contributed by atoms with Crippen molar-refractivity contribution >= 4 is 23.3 Å². The van der Waals surface area contributed by atoms with Gasteiger partial charge in [0.05, 0.1) is 30.2 Å². The highest BCUT2D eigenvalue weighted by molar-refractivity contribution is 6.23. The van der Waals surface area contributed by atoms with Crippen LogP contribution in [0.5, 0.6) is 0 Å². The number of amides is 2. The number of hydrogen-bond acceptors (Lipinski definition) is 5. The van der Waals surface area contributed by atoms with Crippen molar-refractivity contribution in [2.45, 2.75) is 18.6 Å². The molecule has 118 valence electrons. The molecule has 3 heterocycles. The predicted octanol–water partition coefficient (Wildman–Crippen LogP) is 0.695. The van der Waals surface area contributed by atoms with Crippen molar-refractivity contribution < 1.29 is 24.2 Å². The molecule has 1 aromatic rings. The van der Waals surface area contributed by atoms with Gasteiger partial charge in [0, 0.05) is 5.56 Å². The van der Waals surface area contributed by atoms with Gasteiger partial charge >= 0.3 is 0 Å². The summed E-state index contributed by atoms with van der Waals surface area (Å²) >= 11 is 0. The second kappa shape index (κ2) is 4.59. The van der Waals surface area contributed by atoms with Crippen LogP contribution in [0.25, 0.3) is 0 Å². The van der Waals surface area contributed by atoms with Crippen LogP contribution in [0.4, 0.5) is 5.69 Å². The second-order valence-corrected chi connectivity index (χ2v) is 6.17. The minimum Gasteiger partial charge on any atom is -0.393 e. The Kier molecular flexibility index (Phi) is 2.86. The lowest BCUT2D eigenvalue weighted by molar-refractivity contribution is -0.128. The van der Waals surface area contributed by atoms with E-state index in [0.717, 1.165) is 4.90 Å². The number of nitrogens with zero attached hydrogens (tertiary/aromatic N) is 1. The Hall–Kier alpha value is -2.31. The van der Waals surface area contributed by atoms with E-state index < -0.39 is 23.5 Å². The summed E-state index contributed by atoms with van der Waals surface area (Å²) in [4.78, 5) is 38.0. The summed E-state index contributed by atoms with van der Waals surface area (Å²) < 4.78 is 5.68. The van der Waals surface area contributed by atoms with Crippen LogP contribution >= 0.6 is 0 Å². The number of anilines is 1. The van der Waals surface area contributed by atoms with Crippen LogP contribution in [0.2, 0.25) is 0 Å². The zero-order chi connectivity index (χ0) is 16.4.